The van der Waals surface area contributed by atoms with Crippen LogP contribution in [0.5, 0.6) is 0 Å². The molecule has 3 aromatic rings. The van der Waals surface area contributed by atoms with Crippen molar-refractivity contribution in [3.63, 3.8) is 0 Å². The molecule has 0 fully saturated rings. The first-order chi connectivity index (χ1) is 17.5. The maximum atomic E-state index is 13.2. The molecule has 0 spiro atoms. The summed E-state index contributed by atoms with van der Waals surface area (Å²) in [5.41, 5.74) is 2.85. The number of benzene rings is 2. The van der Waals surface area contributed by atoms with Crippen LogP contribution in [0.3, 0.4) is 0 Å². The number of unbranched alkanes of at least 4 members (excludes halogenated alkanes) is 2. The summed E-state index contributed by atoms with van der Waals surface area (Å²) < 4.78 is 1.75. The highest BCUT2D eigenvalue weighted by Gasteiger charge is 2.24. The molecule has 0 bridgehead atoms. The molecule has 0 saturated heterocycles. The van der Waals surface area contributed by atoms with Gasteiger partial charge in [-0.25, -0.2) is 9.48 Å². The van der Waals surface area contributed by atoms with Gasteiger partial charge in [-0.15, -0.1) is 0 Å². The average molecular weight is 545 g/mol. The first kappa shape index (κ1) is 28.5. The summed E-state index contributed by atoms with van der Waals surface area (Å²) in [6.45, 7) is 10.6. The van der Waals surface area contributed by atoms with E-state index in [9.17, 15) is 9.59 Å². The van der Waals surface area contributed by atoms with E-state index in [1.807, 2.05) is 37.3 Å². The molecular weight excluding hydrogens is 509 g/mol. The summed E-state index contributed by atoms with van der Waals surface area (Å²) in [6, 6.07) is 14.3. The number of aromatic nitrogens is 2. The molecule has 2 N–H and O–H groups in total. The van der Waals surface area contributed by atoms with Gasteiger partial charge >= 0.3 is 6.03 Å². The normalized spacial score (nSPS) is 11.3. The van der Waals surface area contributed by atoms with Crippen molar-refractivity contribution in [3.8, 4) is 5.69 Å². The zero-order valence-electron chi connectivity index (χ0n) is 22.1. The van der Waals surface area contributed by atoms with E-state index in [4.69, 9.17) is 28.3 Å². The Labute approximate surface area is 229 Å². The number of amides is 3. The van der Waals surface area contributed by atoms with E-state index in [2.05, 4.69) is 38.3 Å². The van der Waals surface area contributed by atoms with E-state index in [1.165, 1.54) is 4.90 Å². The SMILES string of the molecule is CCCCCN(CC(=O)Nc1cc(C(C)(C)C)nn1-c1ccccc1C)C(=O)Nc1c(Cl)cccc1Cl. The molecule has 0 atom stereocenters. The number of carbonyl (C=O) groups excluding carboxylic acids is 2. The number of nitrogens with zero attached hydrogens (tertiary/aromatic N) is 3. The highest BCUT2D eigenvalue weighted by Crippen LogP contribution is 2.30. The van der Waals surface area contributed by atoms with Crippen molar-refractivity contribution in [1.29, 1.82) is 0 Å². The Hall–Kier alpha value is -3.03. The fraction of sp³-hybridized carbons (Fsp3) is 0.393. The number of anilines is 2. The number of aryl methyl sites for hydroxylation is 1. The quantitative estimate of drug-likeness (QED) is 0.275. The molecule has 37 heavy (non-hydrogen) atoms. The van der Waals surface area contributed by atoms with E-state index in [1.54, 1.807) is 22.9 Å². The number of hydrogen-bond donors (Lipinski definition) is 2. The van der Waals surface area contributed by atoms with Crippen LogP contribution >= 0.6 is 23.2 Å². The third-order valence-electron chi connectivity index (χ3n) is 5.94. The molecule has 0 aliphatic carbocycles. The van der Waals surface area contributed by atoms with Gasteiger partial charge in [0.05, 0.1) is 27.1 Å². The van der Waals surface area contributed by atoms with Crippen LogP contribution in [0.15, 0.2) is 48.5 Å². The van der Waals surface area contributed by atoms with Crippen LogP contribution in [0.1, 0.15) is 58.2 Å². The Morgan fingerprint density at radius 3 is 2.30 bits per heavy atom. The van der Waals surface area contributed by atoms with E-state index in [0.717, 1.165) is 36.2 Å². The lowest BCUT2D eigenvalue weighted by atomic mass is 9.92. The van der Waals surface area contributed by atoms with Crippen molar-refractivity contribution in [2.45, 2.75) is 59.3 Å². The molecule has 0 radical (unpaired) electrons. The zero-order valence-corrected chi connectivity index (χ0v) is 23.6. The second kappa shape index (κ2) is 12.5. The first-order valence-electron chi connectivity index (χ1n) is 12.5. The van der Waals surface area contributed by atoms with Gasteiger partial charge in [-0.3, -0.25) is 4.79 Å². The molecule has 2 aromatic carbocycles. The monoisotopic (exact) mass is 543 g/mol. The molecule has 0 unspecified atom stereocenters. The Morgan fingerprint density at radius 1 is 1.00 bits per heavy atom. The van der Waals surface area contributed by atoms with Crippen molar-refractivity contribution < 1.29 is 9.59 Å². The summed E-state index contributed by atoms with van der Waals surface area (Å²) in [5.74, 6) is 0.222. The van der Waals surface area contributed by atoms with Crippen LogP contribution in [0.2, 0.25) is 10.0 Å². The van der Waals surface area contributed by atoms with Crippen LogP contribution < -0.4 is 10.6 Å². The molecule has 3 amide bonds. The van der Waals surface area contributed by atoms with Crippen molar-refractivity contribution in [2.75, 3.05) is 23.7 Å². The Morgan fingerprint density at radius 2 is 1.68 bits per heavy atom. The minimum atomic E-state index is -0.441. The van der Waals surface area contributed by atoms with Crippen LogP contribution in [-0.4, -0.2) is 39.7 Å². The van der Waals surface area contributed by atoms with Gasteiger partial charge in [0.25, 0.3) is 0 Å². The highest BCUT2D eigenvalue weighted by atomic mass is 35.5. The van der Waals surface area contributed by atoms with E-state index >= 15 is 0 Å². The van der Waals surface area contributed by atoms with Gasteiger partial charge in [0.15, 0.2) is 0 Å². The van der Waals surface area contributed by atoms with Gasteiger partial charge in [0.2, 0.25) is 5.91 Å². The van der Waals surface area contributed by atoms with Gasteiger partial charge in [-0.1, -0.05) is 88.0 Å². The van der Waals surface area contributed by atoms with Crippen LogP contribution in [-0.2, 0) is 10.2 Å². The molecule has 0 saturated carbocycles. The van der Waals surface area contributed by atoms with Crippen LogP contribution in [0.4, 0.5) is 16.3 Å². The zero-order chi connectivity index (χ0) is 27.2. The molecule has 198 valence electrons. The van der Waals surface area contributed by atoms with Crippen molar-refractivity contribution in [1.82, 2.24) is 14.7 Å². The number of halogens is 2. The lowest BCUT2D eigenvalue weighted by Crippen LogP contribution is -2.41. The Bertz CT molecular complexity index is 1230. The van der Waals surface area contributed by atoms with Crippen LogP contribution in [0, 0.1) is 6.92 Å². The largest absolute Gasteiger partial charge is 0.322 e. The number of hydrogen-bond acceptors (Lipinski definition) is 3. The van der Waals surface area contributed by atoms with Crippen molar-refractivity contribution in [2.24, 2.45) is 0 Å². The number of nitrogens with one attached hydrogen (secondary N) is 2. The molecule has 1 aromatic heterocycles. The first-order valence-corrected chi connectivity index (χ1v) is 13.2. The fourth-order valence-corrected chi connectivity index (χ4v) is 4.28. The Kier molecular flexibility index (Phi) is 9.62. The summed E-state index contributed by atoms with van der Waals surface area (Å²) in [4.78, 5) is 27.9. The predicted octanol–water partition coefficient (Wildman–Crippen LogP) is 7.45. The molecule has 0 aliphatic rings. The highest BCUT2D eigenvalue weighted by molar-refractivity contribution is 6.39. The van der Waals surface area contributed by atoms with Crippen LogP contribution in [0.25, 0.3) is 5.69 Å². The second-order valence-electron chi connectivity index (χ2n) is 10.1. The Balaban J connectivity index is 1.84. The fourth-order valence-electron chi connectivity index (χ4n) is 3.79. The van der Waals surface area contributed by atoms with Gasteiger partial charge < -0.3 is 15.5 Å². The van der Waals surface area contributed by atoms with Crippen molar-refractivity contribution in [3.05, 3.63) is 69.8 Å². The number of rotatable bonds is 9. The molecule has 3 rings (SSSR count). The molecule has 0 aliphatic heterocycles. The lowest BCUT2D eigenvalue weighted by Gasteiger charge is -2.23. The molecular formula is C28H35Cl2N5O2. The van der Waals surface area contributed by atoms with Gasteiger partial charge in [0, 0.05) is 18.0 Å². The van der Waals surface area contributed by atoms with E-state index in [-0.39, 0.29) is 17.9 Å². The number of urea groups is 1. The maximum absolute atomic E-state index is 13.2. The van der Waals surface area contributed by atoms with E-state index < -0.39 is 6.03 Å². The predicted molar refractivity (Wildman–Crippen MR) is 152 cm³/mol. The lowest BCUT2D eigenvalue weighted by molar-refractivity contribution is -0.116. The molecule has 9 heteroatoms. The third kappa shape index (κ3) is 7.49. The smallest absolute Gasteiger partial charge is 0.315 e. The minimum Gasteiger partial charge on any atom is -0.315 e. The van der Waals surface area contributed by atoms with Crippen molar-refractivity contribution >= 4 is 46.6 Å². The third-order valence-corrected chi connectivity index (χ3v) is 6.57. The summed E-state index contributed by atoms with van der Waals surface area (Å²) >= 11 is 12.5. The number of para-hydroxylation sites is 2. The molecule has 1 heterocycles. The maximum Gasteiger partial charge on any atom is 0.322 e. The summed E-state index contributed by atoms with van der Waals surface area (Å²) in [6.07, 6.45) is 2.69. The van der Waals surface area contributed by atoms with E-state index in [0.29, 0.717) is 28.1 Å². The minimum absolute atomic E-state index is 0.137. The standard InChI is InChI=1S/C28H35Cl2N5O2/c1-6-7-10-16-34(27(37)32-26-20(29)13-11-14-21(26)30)18-25(36)31-24-17-23(28(3,4)5)33-35(24)22-15-9-8-12-19(22)2/h8-9,11-15,17H,6-7,10,16,18H2,1-5H3,(H,31,36)(H,32,37). The molecule has 7 nitrogen and oxygen atoms in total. The number of carbonyl (C=O) groups is 2. The second-order valence-corrected chi connectivity index (χ2v) is 10.9. The van der Waals surface area contributed by atoms with Gasteiger partial charge in [0.1, 0.15) is 12.4 Å². The van der Waals surface area contributed by atoms with Gasteiger partial charge in [-0.2, -0.15) is 5.10 Å². The van der Waals surface area contributed by atoms with Gasteiger partial charge in [-0.05, 0) is 37.1 Å². The average Bonchev–Trinajstić information content (AvgIpc) is 3.25. The topological polar surface area (TPSA) is 79.3 Å². The summed E-state index contributed by atoms with van der Waals surface area (Å²) in [5, 5.41) is 11.2. The summed E-state index contributed by atoms with van der Waals surface area (Å²) in [7, 11) is 0.